The fourth-order valence-electron chi connectivity index (χ4n) is 4.14. The molecule has 27 heavy (non-hydrogen) atoms. The minimum Gasteiger partial charge on any atom is -0.493 e. The van der Waals surface area contributed by atoms with E-state index in [-0.39, 0.29) is 29.9 Å². The molecule has 1 amide bonds. The van der Waals surface area contributed by atoms with Crippen molar-refractivity contribution in [2.45, 2.75) is 31.1 Å². The summed E-state index contributed by atoms with van der Waals surface area (Å²) in [5.74, 6) is 1.04. The second-order valence-corrected chi connectivity index (χ2v) is 7.80. The molecule has 0 bridgehead atoms. The molecule has 0 saturated heterocycles. The van der Waals surface area contributed by atoms with Crippen molar-refractivity contribution >= 4 is 23.0 Å². The lowest BCUT2D eigenvalue weighted by Gasteiger charge is -2.34. The summed E-state index contributed by atoms with van der Waals surface area (Å²) in [6.07, 6.45) is 1.38. The number of carbonyl (C=O) groups excluding carboxylic acids is 2. The molecule has 2 aliphatic rings. The predicted octanol–water partition coefficient (Wildman–Crippen LogP) is 3.77. The van der Waals surface area contributed by atoms with Crippen LogP contribution in [0.1, 0.15) is 41.5 Å². The van der Waals surface area contributed by atoms with Gasteiger partial charge in [-0.15, -0.1) is 11.3 Å². The molecule has 0 saturated carbocycles. The maximum atomic E-state index is 13.1. The number of methoxy groups -OCH3 is 2. The normalized spacial score (nSPS) is 22.3. The van der Waals surface area contributed by atoms with E-state index in [0.29, 0.717) is 29.9 Å². The molecule has 1 aromatic carbocycles. The minimum atomic E-state index is -0.310. The van der Waals surface area contributed by atoms with Crippen molar-refractivity contribution < 1.29 is 19.1 Å². The molecule has 5 nitrogen and oxygen atoms in total. The molecular formula is C21H21NO4S. The van der Waals surface area contributed by atoms with Crippen LogP contribution in [0.4, 0.5) is 0 Å². The van der Waals surface area contributed by atoms with Crippen LogP contribution in [-0.2, 0) is 9.59 Å². The molecular weight excluding hydrogens is 362 g/mol. The number of ketones is 1. The van der Waals surface area contributed by atoms with E-state index in [9.17, 15) is 9.59 Å². The van der Waals surface area contributed by atoms with Gasteiger partial charge in [0.1, 0.15) is 0 Å². The SMILES string of the molecule is COc1cccc([C@H]2CC(=O)NC3=C2C(=O)C[C@@H](c2cccs2)C3)c1OC. The van der Waals surface area contributed by atoms with Crippen LogP contribution in [-0.4, -0.2) is 25.9 Å². The van der Waals surface area contributed by atoms with Crippen molar-refractivity contribution in [3.8, 4) is 11.5 Å². The van der Waals surface area contributed by atoms with Gasteiger partial charge in [0.25, 0.3) is 0 Å². The Hall–Kier alpha value is -2.60. The average Bonchev–Trinajstić information content (AvgIpc) is 3.21. The highest BCUT2D eigenvalue weighted by Gasteiger charge is 2.39. The second-order valence-electron chi connectivity index (χ2n) is 6.82. The van der Waals surface area contributed by atoms with Crippen LogP contribution >= 0.6 is 11.3 Å². The number of thiophene rings is 1. The summed E-state index contributed by atoms with van der Waals surface area (Å²) >= 11 is 1.66. The summed E-state index contributed by atoms with van der Waals surface area (Å²) in [7, 11) is 3.16. The number of allylic oxidation sites excluding steroid dienone is 2. The van der Waals surface area contributed by atoms with Crippen molar-refractivity contribution in [3.05, 3.63) is 57.4 Å². The Bertz CT molecular complexity index is 916. The third kappa shape index (κ3) is 3.14. The molecule has 2 heterocycles. The molecule has 0 spiro atoms. The second kappa shape index (κ2) is 7.19. The van der Waals surface area contributed by atoms with Gasteiger partial charge in [0.15, 0.2) is 17.3 Å². The molecule has 0 fully saturated rings. The first kappa shape index (κ1) is 17.8. The van der Waals surface area contributed by atoms with Crippen LogP contribution in [0.2, 0.25) is 0 Å². The summed E-state index contributed by atoms with van der Waals surface area (Å²) < 4.78 is 11.0. The molecule has 4 rings (SSSR count). The third-order valence-corrected chi connectivity index (χ3v) is 6.33. The summed E-state index contributed by atoms with van der Waals surface area (Å²) in [6, 6.07) is 9.65. The van der Waals surface area contributed by atoms with Crippen LogP contribution in [0.3, 0.4) is 0 Å². The minimum absolute atomic E-state index is 0.0664. The number of ether oxygens (including phenoxy) is 2. The largest absolute Gasteiger partial charge is 0.493 e. The Labute approximate surface area is 162 Å². The van der Waals surface area contributed by atoms with Gasteiger partial charge in [-0.2, -0.15) is 0 Å². The van der Waals surface area contributed by atoms with Gasteiger partial charge < -0.3 is 14.8 Å². The topological polar surface area (TPSA) is 64.6 Å². The molecule has 2 aromatic rings. The molecule has 1 aromatic heterocycles. The highest BCUT2D eigenvalue weighted by molar-refractivity contribution is 7.10. The van der Waals surface area contributed by atoms with Crippen LogP contribution in [0.15, 0.2) is 47.0 Å². The fraction of sp³-hybridized carbons (Fsp3) is 0.333. The molecule has 1 aliphatic carbocycles. The number of rotatable bonds is 4. The Morgan fingerprint density at radius 1 is 1.04 bits per heavy atom. The Kier molecular flexibility index (Phi) is 4.74. The van der Waals surface area contributed by atoms with Gasteiger partial charge in [0, 0.05) is 46.4 Å². The number of hydrogen-bond acceptors (Lipinski definition) is 5. The van der Waals surface area contributed by atoms with Crippen molar-refractivity contribution in [2.24, 2.45) is 0 Å². The Morgan fingerprint density at radius 3 is 2.59 bits per heavy atom. The van der Waals surface area contributed by atoms with Crippen molar-refractivity contribution in [2.75, 3.05) is 14.2 Å². The van der Waals surface area contributed by atoms with Gasteiger partial charge in [-0.3, -0.25) is 9.59 Å². The summed E-state index contributed by atoms with van der Waals surface area (Å²) in [5, 5.41) is 4.98. The highest BCUT2D eigenvalue weighted by atomic mass is 32.1. The first-order chi connectivity index (χ1) is 13.1. The quantitative estimate of drug-likeness (QED) is 0.873. The maximum absolute atomic E-state index is 13.1. The standard InChI is InChI=1S/C21H21NO4S/c1-25-17-6-3-5-13(21(17)26-2)14-11-19(24)22-15-9-12(10-16(23)20(14)15)18-7-4-8-27-18/h3-8,12,14H,9-11H2,1-2H3,(H,22,24)/t12-,14+/m0/s1. The molecule has 1 aliphatic heterocycles. The summed E-state index contributed by atoms with van der Waals surface area (Å²) in [4.78, 5) is 26.7. The van der Waals surface area contributed by atoms with Crippen LogP contribution in [0.5, 0.6) is 11.5 Å². The number of benzene rings is 1. The molecule has 0 unspecified atom stereocenters. The predicted molar refractivity (Wildman–Crippen MR) is 103 cm³/mol. The van der Waals surface area contributed by atoms with Crippen molar-refractivity contribution in [3.63, 3.8) is 0 Å². The summed E-state index contributed by atoms with van der Waals surface area (Å²) in [5.41, 5.74) is 2.30. The van der Waals surface area contributed by atoms with Crippen molar-refractivity contribution in [1.82, 2.24) is 5.32 Å². The number of nitrogens with one attached hydrogen (secondary N) is 1. The Balaban J connectivity index is 1.78. The van der Waals surface area contributed by atoms with E-state index < -0.39 is 0 Å². The number of para-hydroxylation sites is 1. The number of hydrogen-bond donors (Lipinski definition) is 1. The first-order valence-corrected chi connectivity index (χ1v) is 9.80. The molecule has 1 N–H and O–H groups in total. The molecule has 2 atom stereocenters. The highest BCUT2D eigenvalue weighted by Crippen LogP contribution is 2.46. The van der Waals surface area contributed by atoms with Crippen LogP contribution < -0.4 is 14.8 Å². The lowest BCUT2D eigenvalue weighted by Crippen LogP contribution is -2.38. The van der Waals surface area contributed by atoms with Crippen LogP contribution in [0.25, 0.3) is 0 Å². The van der Waals surface area contributed by atoms with E-state index >= 15 is 0 Å². The van der Waals surface area contributed by atoms with Gasteiger partial charge in [-0.05, 0) is 23.9 Å². The number of Topliss-reactive ketones (excluding diaryl/α,β-unsaturated/α-hetero) is 1. The van der Waals surface area contributed by atoms with Gasteiger partial charge in [-0.25, -0.2) is 0 Å². The van der Waals surface area contributed by atoms with E-state index in [1.807, 2.05) is 29.6 Å². The lowest BCUT2D eigenvalue weighted by atomic mass is 9.74. The molecule has 6 heteroatoms. The molecule has 140 valence electrons. The van der Waals surface area contributed by atoms with E-state index in [1.54, 1.807) is 25.6 Å². The number of carbonyl (C=O) groups is 2. The fourth-order valence-corrected chi connectivity index (χ4v) is 4.97. The zero-order chi connectivity index (χ0) is 19.0. The van der Waals surface area contributed by atoms with Gasteiger partial charge >= 0.3 is 0 Å². The first-order valence-electron chi connectivity index (χ1n) is 8.92. The van der Waals surface area contributed by atoms with E-state index in [2.05, 4.69) is 11.4 Å². The zero-order valence-electron chi connectivity index (χ0n) is 15.3. The van der Waals surface area contributed by atoms with Crippen LogP contribution in [0, 0.1) is 0 Å². The van der Waals surface area contributed by atoms with Gasteiger partial charge in [-0.1, -0.05) is 18.2 Å². The smallest absolute Gasteiger partial charge is 0.225 e. The maximum Gasteiger partial charge on any atom is 0.225 e. The number of amides is 1. The lowest BCUT2D eigenvalue weighted by molar-refractivity contribution is -0.122. The zero-order valence-corrected chi connectivity index (χ0v) is 16.1. The van der Waals surface area contributed by atoms with E-state index in [1.165, 1.54) is 4.88 Å². The third-order valence-electron chi connectivity index (χ3n) is 5.29. The van der Waals surface area contributed by atoms with Gasteiger partial charge in [0.2, 0.25) is 5.91 Å². The van der Waals surface area contributed by atoms with Gasteiger partial charge in [0.05, 0.1) is 14.2 Å². The Morgan fingerprint density at radius 2 is 1.89 bits per heavy atom. The molecule has 0 radical (unpaired) electrons. The van der Waals surface area contributed by atoms with E-state index in [4.69, 9.17) is 9.47 Å². The summed E-state index contributed by atoms with van der Waals surface area (Å²) in [6.45, 7) is 0. The van der Waals surface area contributed by atoms with Crippen molar-refractivity contribution in [1.29, 1.82) is 0 Å². The monoisotopic (exact) mass is 383 g/mol. The average molecular weight is 383 g/mol. The van der Waals surface area contributed by atoms with E-state index in [0.717, 1.165) is 11.3 Å².